The Bertz CT molecular complexity index is 1110. The second kappa shape index (κ2) is 8.39. The van der Waals surface area contributed by atoms with E-state index in [1.165, 1.54) is 21.6 Å². The molecule has 0 aliphatic carbocycles. The van der Waals surface area contributed by atoms with Gasteiger partial charge >= 0.3 is 5.69 Å². The fourth-order valence-corrected chi connectivity index (χ4v) is 4.61. The molecule has 0 amide bonds. The lowest BCUT2D eigenvalue weighted by molar-refractivity contribution is -0.950. The van der Waals surface area contributed by atoms with Gasteiger partial charge in [-0.1, -0.05) is 30.3 Å². The zero-order chi connectivity index (χ0) is 22.1. The largest absolute Gasteiger partial charge is 0.493 e. The van der Waals surface area contributed by atoms with Crippen molar-refractivity contribution in [1.82, 2.24) is 9.78 Å². The van der Waals surface area contributed by atoms with Crippen LogP contribution in [-0.4, -0.2) is 35.5 Å². The molecule has 2 heterocycles. The average Bonchev–Trinajstić information content (AvgIpc) is 3.05. The van der Waals surface area contributed by atoms with Crippen LogP contribution in [0.25, 0.3) is 0 Å². The highest BCUT2D eigenvalue weighted by Crippen LogP contribution is 2.36. The number of nitrogens with zero attached hydrogens (tertiary/aromatic N) is 3. The van der Waals surface area contributed by atoms with E-state index in [4.69, 9.17) is 9.47 Å². The maximum absolute atomic E-state index is 11.4. The molecule has 0 fully saturated rings. The first kappa shape index (κ1) is 20.9. The number of benzene rings is 2. The van der Waals surface area contributed by atoms with Crippen molar-refractivity contribution in [3.63, 3.8) is 0 Å². The van der Waals surface area contributed by atoms with Crippen LogP contribution < -0.4 is 14.4 Å². The summed E-state index contributed by atoms with van der Waals surface area (Å²) >= 11 is 0. The number of hydrogen-bond donors (Lipinski definition) is 1. The van der Waals surface area contributed by atoms with E-state index in [2.05, 4.69) is 29.4 Å². The Labute approximate surface area is 181 Å². The quantitative estimate of drug-likeness (QED) is 0.487. The fraction of sp³-hybridized carbons (Fsp3) is 0.348. The van der Waals surface area contributed by atoms with Crippen LogP contribution >= 0.6 is 0 Å². The third kappa shape index (κ3) is 3.74. The number of methoxy groups -OCH3 is 2. The maximum atomic E-state index is 11.4. The Hall–Kier alpha value is -3.39. The fourth-order valence-electron chi connectivity index (χ4n) is 4.61. The molecule has 0 bridgehead atoms. The molecule has 3 aromatic rings. The zero-order valence-corrected chi connectivity index (χ0v) is 18.2. The third-order valence-corrected chi connectivity index (χ3v) is 6.09. The van der Waals surface area contributed by atoms with Crippen LogP contribution in [0.3, 0.4) is 0 Å². The molecule has 31 heavy (non-hydrogen) atoms. The number of rotatable bonds is 6. The monoisotopic (exact) mass is 423 g/mol. The van der Waals surface area contributed by atoms with Crippen molar-refractivity contribution in [2.75, 3.05) is 20.8 Å². The van der Waals surface area contributed by atoms with E-state index in [9.17, 15) is 10.1 Å². The molecule has 4 rings (SSSR count). The van der Waals surface area contributed by atoms with Gasteiger partial charge < -0.3 is 14.4 Å². The summed E-state index contributed by atoms with van der Waals surface area (Å²) in [5, 5.41) is 15.9. The van der Waals surface area contributed by atoms with Gasteiger partial charge in [-0.2, -0.15) is 5.10 Å². The number of fused-ring (bicyclic) bond motifs is 1. The summed E-state index contributed by atoms with van der Waals surface area (Å²) in [6.45, 7) is 4.86. The molecule has 2 atom stereocenters. The first-order valence-corrected chi connectivity index (χ1v) is 10.3. The normalized spacial score (nSPS) is 17.8. The lowest BCUT2D eigenvalue weighted by atomic mass is 9.88. The van der Waals surface area contributed by atoms with Crippen LogP contribution in [0.15, 0.2) is 42.5 Å². The van der Waals surface area contributed by atoms with Gasteiger partial charge in [0.2, 0.25) is 0 Å². The summed E-state index contributed by atoms with van der Waals surface area (Å²) in [6, 6.07) is 14.5. The van der Waals surface area contributed by atoms with E-state index in [0.717, 1.165) is 18.7 Å². The second-order valence-electron chi connectivity index (χ2n) is 7.84. The summed E-state index contributed by atoms with van der Waals surface area (Å²) in [4.78, 5) is 12.4. The second-order valence-corrected chi connectivity index (χ2v) is 7.84. The Kier molecular flexibility index (Phi) is 5.65. The predicted molar refractivity (Wildman–Crippen MR) is 116 cm³/mol. The van der Waals surface area contributed by atoms with Crippen molar-refractivity contribution >= 4 is 5.69 Å². The molecule has 8 nitrogen and oxygen atoms in total. The molecule has 1 unspecified atom stereocenters. The molecule has 0 saturated heterocycles. The van der Waals surface area contributed by atoms with Gasteiger partial charge in [-0.3, -0.25) is 10.1 Å². The molecule has 1 N–H and O–H groups in total. The van der Waals surface area contributed by atoms with Gasteiger partial charge in [-0.05, 0) is 31.5 Å². The van der Waals surface area contributed by atoms with Crippen molar-refractivity contribution in [2.24, 2.45) is 0 Å². The predicted octanol–water partition coefficient (Wildman–Crippen LogP) is 2.61. The summed E-state index contributed by atoms with van der Waals surface area (Å²) < 4.78 is 12.9. The SMILES string of the molecule is COc1cc2c(cc1OC)[C@H](c1ccccc1)[NH+](Cn1nc(C)c([N+](=O)[O-])c1C)CC2. The first-order valence-electron chi connectivity index (χ1n) is 10.3. The highest BCUT2D eigenvalue weighted by atomic mass is 16.6. The van der Waals surface area contributed by atoms with E-state index in [0.29, 0.717) is 23.8 Å². The lowest BCUT2D eigenvalue weighted by Crippen LogP contribution is -3.12. The number of quaternary nitrogens is 1. The summed E-state index contributed by atoms with van der Waals surface area (Å²) in [7, 11) is 3.29. The van der Waals surface area contributed by atoms with Crippen LogP contribution in [0.5, 0.6) is 11.5 Å². The molecule has 1 aliphatic heterocycles. The van der Waals surface area contributed by atoms with Crippen molar-refractivity contribution < 1.29 is 19.3 Å². The molecule has 162 valence electrons. The molecule has 1 aromatic heterocycles. The van der Waals surface area contributed by atoms with Crippen molar-refractivity contribution in [1.29, 1.82) is 0 Å². The minimum atomic E-state index is -0.346. The summed E-state index contributed by atoms with van der Waals surface area (Å²) in [5.74, 6) is 1.43. The molecule has 2 aromatic carbocycles. The Morgan fingerprint density at radius 2 is 1.84 bits per heavy atom. The standard InChI is InChI=1S/C23H26N4O4/c1-15-22(27(28)29)16(2)26(24-15)14-25-11-10-18-12-20(30-3)21(31-4)13-19(18)23(25)17-8-6-5-7-9-17/h5-9,12-13,23H,10-11,14H2,1-4H3/p+1/t23-/m0/s1. The van der Waals surface area contributed by atoms with E-state index in [1.807, 2.05) is 18.2 Å². The highest BCUT2D eigenvalue weighted by molar-refractivity contribution is 5.50. The maximum Gasteiger partial charge on any atom is 0.312 e. The van der Waals surface area contributed by atoms with Crippen LogP contribution in [0, 0.1) is 24.0 Å². The molecular formula is C23H27N4O4+. The molecule has 0 saturated carbocycles. The average molecular weight is 423 g/mol. The minimum Gasteiger partial charge on any atom is -0.493 e. The van der Waals surface area contributed by atoms with Crippen LogP contribution in [0.2, 0.25) is 0 Å². The number of nitro groups is 1. The Morgan fingerprint density at radius 1 is 1.16 bits per heavy atom. The molecule has 1 aliphatic rings. The summed E-state index contributed by atoms with van der Waals surface area (Å²) in [5.41, 5.74) is 4.72. The smallest absolute Gasteiger partial charge is 0.312 e. The van der Waals surface area contributed by atoms with Gasteiger partial charge in [0, 0.05) is 17.5 Å². The van der Waals surface area contributed by atoms with E-state index < -0.39 is 0 Å². The Morgan fingerprint density at radius 3 is 2.45 bits per heavy atom. The number of aryl methyl sites for hydroxylation is 1. The number of nitrogens with one attached hydrogen (secondary N) is 1. The van der Waals surface area contributed by atoms with Crippen molar-refractivity contribution in [3.8, 4) is 11.5 Å². The Balaban J connectivity index is 1.79. The number of hydrogen-bond acceptors (Lipinski definition) is 5. The van der Waals surface area contributed by atoms with Gasteiger partial charge in [0.05, 0.1) is 25.7 Å². The van der Waals surface area contributed by atoms with Gasteiger partial charge in [0.25, 0.3) is 0 Å². The third-order valence-electron chi connectivity index (χ3n) is 6.09. The molecule has 0 radical (unpaired) electrons. The van der Waals surface area contributed by atoms with Gasteiger partial charge in [-0.25, -0.2) is 4.68 Å². The van der Waals surface area contributed by atoms with Crippen LogP contribution in [0.1, 0.15) is 34.1 Å². The topological polar surface area (TPSA) is 83.9 Å². The summed E-state index contributed by atoms with van der Waals surface area (Å²) in [6.07, 6.45) is 0.871. The number of aromatic nitrogens is 2. The van der Waals surface area contributed by atoms with Crippen LogP contribution in [0.4, 0.5) is 5.69 Å². The molecule has 8 heteroatoms. The van der Waals surface area contributed by atoms with Crippen LogP contribution in [-0.2, 0) is 13.1 Å². The van der Waals surface area contributed by atoms with Gasteiger partial charge in [0.15, 0.2) is 18.2 Å². The van der Waals surface area contributed by atoms with E-state index in [-0.39, 0.29) is 16.7 Å². The number of ether oxygens (including phenoxy) is 2. The minimum absolute atomic E-state index is 0.0488. The van der Waals surface area contributed by atoms with E-state index >= 15 is 0 Å². The van der Waals surface area contributed by atoms with Gasteiger partial charge in [-0.15, -0.1) is 0 Å². The lowest BCUT2D eigenvalue weighted by Gasteiger charge is -2.35. The van der Waals surface area contributed by atoms with E-state index in [1.54, 1.807) is 32.7 Å². The molecule has 0 spiro atoms. The first-order chi connectivity index (χ1) is 14.9. The van der Waals surface area contributed by atoms with Crippen molar-refractivity contribution in [3.05, 3.63) is 80.7 Å². The van der Waals surface area contributed by atoms with Gasteiger partial charge in [0.1, 0.15) is 17.4 Å². The van der Waals surface area contributed by atoms with Crippen molar-refractivity contribution in [2.45, 2.75) is 33.0 Å². The molecular weight excluding hydrogens is 396 g/mol. The highest BCUT2D eigenvalue weighted by Gasteiger charge is 2.35. The zero-order valence-electron chi connectivity index (χ0n) is 18.2.